The summed E-state index contributed by atoms with van der Waals surface area (Å²) in [5.74, 6) is -0.413. The maximum absolute atomic E-state index is 13.1. The summed E-state index contributed by atoms with van der Waals surface area (Å²) in [6.45, 7) is 1.79. The molecular weight excluding hydrogens is 277 g/mol. The van der Waals surface area contributed by atoms with Gasteiger partial charge in [0.25, 0.3) is 0 Å². The van der Waals surface area contributed by atoms with E-state index in [4.69, 9.17) is 11.6 Å². The van der Waals surface area contributed by atoms with E-state index in [9.17, 15) is 4.39 Å². The Morgan fingerprint density at radius 2 is 2.31 bits per heavy atom. The lowest BCUT2D eigenvalue weighted by molar-refractivity contribution is 0.629. The van der Waals surface area contributed by atoms with Crippen molar-refractivity contribution >= 4 is 49.1 Å². The quantitative estimate of drug-likeness (QED) is 0.706. The number of rotatable bonds is 0. The molecule has 0 unspecified atom stereocenters. The summed E-state index contributed by atoms with van der Waals surface area (Å²) in [4.78, 5) is 4.11. The van der Waals surface area contributed by atoms with E-state index in [-0.39, 0.29) is 5.02 Å². The Kier molecular flexibility index (Phi) is 2.30. The Labute approximate surface area is 91.7 Å². The van der Waals surface area contributed by atoms with Crippen molar-refractivity contribution in [2.45, 2.75) is 6.92 Å². The molecule has 68 valence electrons. The van der Waals surface area contributed by atoms with Crippen LogP contribution in [-0.2, 0) is 0 Å². The van der Waals surface area contributed by atoms with Gasteiger partial charge in [-0.3, -0.25) is 0 Å². The van der Waals surface area contributed by atoms with Crippen molar-refractivity contribution in [2.24, 2.45) is 0 Å². The SMILES string of the molecule is Cc1c(Cl)c(F)cc2nc(Br)sc12. The fourth-order valence-electron chi connectivity index (χ4n) is 1.13. The molecule has 1 nitrogen and oxygen atoms in total. The fraction of sp³-hybridized carbons (Fsp3) is 0.125. The number of benzene rings is 1. The van der Waals surface area contributed by atoms with Crippen LogP contribution in [0.5, 0.6) is 0 Å². The second-order valence-electron chi connectivity index (χ2n) is 2.61. The van der Waals surface area contributed by atoms with Gasteiger partial charge in [-0.25, -0.2) is 9.37 Å². The number of aromatic nitrogens is 1. The average molecular weight is 281 g/mol. The van der Waals surface area contributed by atoms with E-state index in [0.29, 0.717) is 5.52 Å². The highest BCUT2D eigenvalue weighted by Gasteiger charge is 2.11. The van der Waals surface area contributed by atoms with Crippen molar-refractivity contribution in [2.75, 3.05) is 0 Å². The molecule has 0 fully saturated rings. The van der Waals surface area contributed by atoms with E-state index in [1.54, 1.807) is 6.92 Å². The van der Waals surface area contributed by atoms with Crippen molar-refractivity contribution in [3.63, 3.8) is 0 Å². The van der Waals surface area contributed by atoms with Crippen LogP contribution in [0.4, 0.5) is 4.39 Å². The Morgan fingerprint density at radius 3 is 3.00 bits per heavy atom. The van der Waals surface area contributed by atoms with Crippen LogP contribution in [0, 0.1) is 12.7 Å². The largest absolute Gasteiger partial charge is 0.229 e. The summed E-state index contributed by atoms with van der Waals surface area (Å²) >= 11 is 10.5. The molecule has 0 bridgehead atoms. The monoisotopic (exact) mass is 279 g/mol. The summed E-state index contributed by atoms with van der Waals surface area (Å²) in [7, 11) is 0. The first-order chi connectivity index (χ1) is 6.09. The van der Waals surface area contributed by atoms with Crippen molar-refractivity contribution in [3.8, 4) is 0 Å². The molecule has 0 aliphatic carbocycles. The van der Waals surface area contributed by atoms with Gasteiger partial charge in [0.15, 0.2) is 3.92 Å². The minimum Gasteiger partial charge on any atom is -0.229 e. The van der Waals surface area contributed by atoms with Gasteiger partial charge in [0.2, 0.25) is 0 Å². The van der Waals surface area contributed by atoms with Gasteiger partial charge in [0, 0.05) is 6.07 Å². The first kappa shape index (κ1) is 9.37. The van der Waals surface area contributed by atoms with Crippen molar-refractivity contribution in [1.82, 2.24) is 4.98 Å². The lowest BCUT2D eigenvalue weighted by atomic mass is 10.2. The average Bonchev–Trinajstić information content (AvgIpc) is 2.42. The number of fused-ring (bicyclic) bond motifs is 1. The van der Waals surface area contributed by atoms with Gasteiger partial charge < -0.3 is 0 Å². The van der Waals surface area contributed by atoms with Crippen LogP contribution < -0.4 is 0 Å². The number of halogens is 3. The van der Waals surface area contributed by atoms with Crippen LogP contribution in [0.1, 0.15) is 5.56 Å². The standard InChI is InChI=1S/C8H4BrClFNS/c1-3-6(10)4(11)2-5-7(3)13-8(9)12-5/h2H,1H3. The normalized spacial score (nSPS) is 11.1. The van der Waals surface area contributed by atoms with Gasteiger partial charge in [-0.2, -0.15) is 0 Å². The first-order valence-electron chi connectivity index (χ1n) is 3.50. The van der Waals surface area contributed by atoms with Gasteiger partial charge in [-0.05, 0) is 28.4 Å². The molecule has 0 radical (unpaired) electrons. The molecule has 1 aromatic carbocycles. The zero-order chi connectivity index (χ0) is 9.59. The van der Waals surface area contributed by atoms with Crippen molar-refractivity contribution in [3.05, 3.63) is 26.4 Å². The molecular formula is C8H4BrClFNS. The molecule has 13 heavy (non-hydrogen) atoms. The van der Waals surface area contributed by atoms with Crippen LogP contribution in [0.25, 0.3) is 10.2 Å². The lowest BCUT2D eigenvalue weighted by Gasteiger charge is -1.98. The third kappa shape index (κ3) is 1.47. The number of nitrogens with zero attached hydrogens (tertiary/aromatic N) is 1. The van der Waals surface area contributed by atoms with Gasteiger partial charge in [-0.15, -0.1) is 11.3 Å². The fourth-order valence-corrected chi connectivity index (χ4v) is 2.79. The van der Waals surface area contributed by atoms with E-state index in [0.717, 1.165) is 14.2 Å². The number of hydrogen-bond acceptors (Lipinski definition) is 2. The molecule has 1 aromatic heterocycles. The molecule has 0 spiro atoms. The summed E-state index contributed by atoms with van der Waals surface area (Å²) < 4.78 is 14.8. The van der Waals surface area contributed by atoms with Crippen LogP contribution in [0.15, 0.2) is 9.98 Å². The molecule has 5 heteroatoms. The first-order valence-corrected chi connectivity index (χ1v) is 5.49. The Bertz CT molecular complexity index is 482. The van der Waals surface area contributed by atoms with Crippen LogP contribution in [-0.4, -0.2) is 4.98 Å². The Balaban J connectivity index is 2.92. The summed E-state index contributed by atoms with van der Waals surface area (Å²) in [5.41, 5.74) is 1.40. The van der Waals surface area contributed by atoms with Crippen LogP contribution in [0.2, 0.25) is 5.02 Å². The molecule has 0 aliphatic rings. The molecule has 0 saturated carbocycles. The van der Waals surface area contributed by atoms with Gasteiger partial charge >= 0.3 is 0 Å². The minimum atomic E-state index is -0.413. The molecule has 2 rings (SSSR count). The third-order valence-electron chi connectivity index (χ3n) is 1.77. The van der Waals surface area contributed by atoms with Crippen molar-refractivity contribution in [1.29, 1.82) is 0 Å². The predicted molar refractivity (Wildman–Crippen MR) is 57.0 cm³/mol. The molecule has 0 aliphatic heterocycles. The number of hydrogen-bond donors (Lipinski definition) is 0. The van der Waals surface area contributed by atoms with E-state index < -0.39 is 5.82 Å². The highest BCUT2D eigenvalue weighted by atomic mass is 79.9. The topological polar surface area (TPSA) is 12.9 Å². The zero-order valence-electron chi connectivity index (χ0n) is 6.57. The summed E-state index contributed by atoms with van der Waals surface area (Å²) in [6.07, 6.45) is 0. The molecule has 0 saturated heterocycles. The molecule has 0 N–H and O–H groups in total. The second kappa shape index (κ2) is 3.19. The maximum Gasteiger partial charge on any atom is 0.160 e. The van der Waals surface area contributed by atoms with E-state index in [2.05, 4.69) is 20.9 Å². The van der Waals surface area contributed by atoms with Crippen molar-refractivity contribution < 1.29 is 4.39 Å². The maximum atomic E-state index is 13.1. The van der Waals surface area contributed by atoms with Gasteiger partial charge in [0.1, 0.15) is 5.82 Å². The summed E-state index contributed by atoms with van der Waals surface area (Å²) in [5, 5.41) is 0.184. The Morgan fingerprint density at radius 1 is 1.62 bits per heavy atom. The number of thiazole rings is 1. The lowest BCUT2D eigenvalue weighted by Crippen LogP contribution is -1.82. The molecule has 0 atom stereocenters. The highest BCUT2D eigenvalue weighted by molar-refractivity contribution is 9.11. The van der Waals surface area contributed by atoms with Crippen LogP contribution in [0.3, 0.4) is 0 Å². The summed E-state index contributed by atoms with van der Waals surface area (Å²) in [6, 6.07) is 1.35. The highest BCUT2D eigenvalue weighted by Crippen LogP contribution is 2.33. The van der Waals surface area contributed by atoms with E-state index in [1.807, 2.05) is 0 Å². The predicted octanol–water partition coefficient (Wildman–Crippen LogP) is 4.16. The molecule has 1 heterocycles. The zero-order valence-corrected chi connectivity index (χ0v) is 9.73. The van der Waals surface area contributed by atoms with E-state index >= 15 is 0 Å². The van der Waals surface area contributed by atoms with Gasteiger partial charge in [-0.1, -0.05) is 11.6 Å². The second-order valence-corrected chi connectivity index (χ2v) is 5.27. The van der Waals surface area contributed by atoms with Crippen LogP contribution >= 0.6 is 38.9 Å². The molecule has 0 amide bonds. The minimum absolute atomic E-state index is 0.184. The molecule has 2 aromatic rings. The van der Waals surface area contributed by atoms with Gasteiger partial charge in [0.05, 0.1) is 15.2 Å². The number of aryl methyl sites for hydroxylation is 1. The Hall–Kier alpha value is -0.190. The third-order valence-corrected chi connectivity index (χ3v) is 3.88. The smallest absolute Gasteiger partial charge is 0.160 e. The van der Waals surface area contributed by atoms with E-state index in [1.165, 1.54) is 17.4 Å².